The van der Waals surface area contributed by atoms with Crippen molar-refractivity contribution in [2.24, 2.45) is 0 Å². The van der Waals surface area contributed by atoms with Crippen molar-refractivity contribution in [2.75, 3.05) is 25.1 Å². The maximum absolute atomic E-state index is 5.77. The molecule has 2 aliphatic heterocycles. The van der Waals surface area contributed by atoms with Gasteiger partial charge in [0.25, 0.3) is 0 Å². The fraction of sp³-hybridized carbons (Fsp3) is 0.500. The van der Waals surface area contributed by atoms with E-state index in [-0.39, 0.29) is 0 Å². The Balaban J connectivity index is 2.09. The summed E-state index contributed by atoms with van der Waals surface area (Å²) in [5.74, 6) is 1.05. The molecule has 1 aromatic carbocycles. The summed E-state index contributed by atoms with van der Waals surface area (Å²) in [6.45, 7) is 3.90. The molecule has 3 nitrogen and oxygen atoms in total. The lowest BCUT2D eigenvalue weighted by Gasteiger charge is -2.19. The predicted molar refractivity (Wildman–Crippen MR) is 60.4 cm³/mol. The molecule has 0 saturated heterocycles. The highest BCUT2D eigenvalue weighted by Gasteiger charge is 2.18. The van der Waals surface area contributed by atoms with Crippen LogP contribution in [0.25, 0.3) is 0 Å². The summed E-state index contributed by atoms with van der Waals surface area (Å²) in [7, 11) is 2.14. The van der Waals surface area contributed by atoms with Crippen LogP contribution in [0.3, 0.4) is 0 Å². The summed E-state index contributed by atoms with van der Waals surface area (Å²) in [6, 6.07) is 4.47. The zero-order chi connectivity index (χ0) is 10.3. The SMILES string of the molecule is CN1CCCOc2cc3c(cc21)CNC3. The maximum atomic E-state index is 5.77. The van der Waals surface area contributed by atoms with Gasteiger partial charge in [-0.05, 0) is 29.7 Å². The van der Waals surface area contributed by atoms with Crippen LogP contribution in [0.1, 0.15) is 17.5 Å². The zero-order valence-corrected chi connectivity index (χ0v) is 9.05. The first-order valence-corrected chi connectivity index (χ1v) is 5.55. The molecule has 0 saturated carbocycles. The van der Waals surface area contributed by atoms with Crippen LogP contribution in [0.2, 0.25) is 0 Å². The number of anilines is 1. The number of nitrogens with zero attached hydrogens (tertiary/aromatic N) is 1. The first-order valence-electron chi connectivity index (χ1n) is 5.55. The van der Waals surface area contributed by atoms with Crippen LogP contribution in [-0.2, 0) is 13.1 Å². The van der Waals surface area contributed by atoms with Gasteiger partial charge in [0.15, 0.2) is 0 Å². The highest BCUT2D eigenvalue weighted by molar-refractivity contribution is 5.62. The van der Waals surface area contributed by atoms with Gasteiger partial charge in [0.2, 0.25) is 0 Å². The van der Waals surface area contributed by atoms with E-state index in [0.29, 0.717) is 0 Å². The number of ether oxygens (including phenoxy) is 1. The van der Waals surface area contributed by atoms with Gasteiger partial charge in [0, 0.05) is 26.7 Å². The minimum Gasteiger partial charge on any atom is -0.491 e. The lowest BCUT2D eigenvalue weighted by atomic mass is 10.1. The van der Waals surface area contributed by atoms with Gasteiger partial charge in [-0.2, -0.15) is 0 Å². The lowest BCUT2D eigenvalue weighted by Crippen LogP contribution is -2.17. The molecular formula is C12H16N2O. The van der Waals surface area contributed by atoms with Crippen LogP contribution >= 0.6 is 0 Å². The molecule has 0 bridgehead atoms. The Bertz CT molecular complexity index is 389. The average Bonchev–Trinajstić information content (AvgIpc) is 2.62. The fourth-order valence-corrected chi connectivity index (χ4v) is 2.33. The fourth-order valence-electron chi connectivity index (χ4n) is 2.33. The molecule has 1 aromatic rings. The Labute approximate surface area is 90.0 Å². The van der Waals surface area contributed by atoms with Crippen LogP contribution in [0.4, 0.5) is 5.69 Å². The van der Waals surface area contributed by atoms with Crippen LogP contribution < -0.4 is 15.0 Å². The van der Waals surface area contributed by atoms with Crippen molar-refractivity contribution in [1.29, 1.82) is 0 Å². The molecular weight excluding hydrogens is 188 g/mol. The second kappa shape index (κ2) is 3.42. The van der Waals surface area contributed by atoms with Gasteiger partial charge in [-0.25, -0.2) is 0 Å². The molecule has 80 valence electrons. The van der Waals surface area contributed by atoms with Gasteiger partial charge < -0.3 is 15.0 Å². The molecule has 0 unspecified atom stereocenters. The number of rotatable bonds is 0. The smallest absolute Gasteiger partial charge is 0.142 e. The van der Waals surface area contributed by atoms with Crippen molar-refractivity contribution < 1.29 is 4.74 Å². The molecule has 3 heteroatoms. The van der Waals surface area contributed by atoms with Crippen molar-refractivity contribution in [3.8, 4) is 5.75 Å². The van der Waals surface area contributed by atoms with E-state index < -0.39 is 0 Å². The van der Waals surface area contributed by atoms with Crippen molar-refractivity contribution in [2.45, 2.75) is 19.5 Å². The molecule has 2 heterocycles. The van der Waals surface area contributed by atoms with Crippen molar-refractivity contribution in [1.82, 2.24) is 5.32 Å². The maximum Gasteiger partial charge on any atom is 0.142 e. The van der Waals surface area contributed by atoms with E-state index in [9.17, 15) is 0 Å². The molecule has 1 N–H and O–H groups in total. The predicted octanol–water partition coefficient (Wildman–Crippen LogP) is 1.51. The van der Waals surface area contributed by atoms with Gasteiger partial charge in [-0.1, -0.05) is 0 Å². The zero-order valence-electron chi connectivity index (χ0n) is 9.05. The Hall–Kier alpha value is -1.22. The third-order valence-corrected chi connectivity index (χ3v) is 3.22. The summed E-state index contributed by atoms with van der Waals surface area (Å²) in [6.07, 6.45) is 1.11. The van der Waals surface area contributed by atoms with Gasteiger partial charge >= 0.3 is 0 Å². The number of benzene rings is 1. The van der Waals surface area contributed by atoms with E-state index in [1.165, 1.54) is 16.8 Å². The van der Waals surface area contributed by atoms with Crippen LogP contribution in [-0.4, -0.2) is 20.2 Å². The first kappa shape index (κ1) is 9.04. The third-order valence-electron chi connectivity index (χ3n) is 3.22. The molecule has 15 heavy (non-hydrogen) atoms. The summed E-state index contributed by atoms with van der Waals surface area (Å²) < 4.78 is 5.77. The third kappa shape index (κ3) is 1.47. The Morgan fingerprint density at radius 1 is 1.27 bits per heavy atom. The average molecular weight is 204 g/mol. The second-order valence-corrected chi connectivity index (χ2v) is 4.32. The van der Waals surface area contributed by atoms with Crippen LogP contribution in [0.15, 0.2) is 12.1 Å². The van der Waals surface area contributed by atoms with E-state index in [2.05, 4.69) is 29.4 Å². The Morgan fingerprint density at radius 2 is 2.07 bits per heavy atom. The summed E-state index contributed by atoms with van der Waals surface area (Å²) >= 11 is 0. The lowest BCUT2D eigenvalue weighted by molar-refractivity contribution is 0.322. The van der Waals surface area contributed by atoms with Crippen LogP contribution in [0, 0.1) is 0 Å². The van der Waals surface area contributed by atoms with Gasteiger partial charge in [0.05, 0.1) is 12.3 Å². The van der Waals surface area contributed by atoms with E-state index in [1.54, 1.807) is 0 Å². The molecule has 0 fully saturated rings. The first-order chi connectivity index (χ1) is 7.34. The Morgan fingerprint density at radius 3 is 2.93 bits per heavy atom. The minimum absolute atomic E-state index is 0.837. The standard InChI is InChI=1S/C12H16N2O/c1-14-3-2-4-15-12-6-10-8-13-7-9(10)5-11(12)14/h5-6,13H,2-4,7-8H2,1H3. The molecule has 0 aromatic heterocycles. The van der Waals surface area contributed by atoms with E-state index >= 15 is 0 Å². The van der Waals surface area contributed by atoms with Crippen LogP contribution in [0.5, 0.6) is 5.75 Å². The topological polar surface area (TPSA) is 24.5 Å². The van der Waals surface area contributed by atoms with Gasteiger partial charge in [-0.15, -0.1) is 0 Å². The van der Waals surface area contributed by atoms with Gasteiger partial charge in [0.1, 0.15) is 5.75 Å². The highest BCUT2D eigenvalue weighted by atomic mass is 16.5. The number of nitrogens with one attached hydrogen (secondary N) is 1. The number of hydrogen-bond donors (Lipinski definition) is 1. The second-order valence-electron chi connectivity index (χ2n) is 4.32. The number of hydrogen-bond acceptors (Lipinski definition) is 3. The largest absolute Gasteiger partial charge is 0.491 e. The molecule has 3 rings (SSSR count). The Kier molecular flexibility index (Phi) is 2.06. The molecule has 0 aliphatic carbocycles. The normalized spacial score (nSPS) is 19.1. The summed E-state index contributed by atoms with van der Waals surface area (Å²) in [4.78, 5) is 2.29. The summed E-state index contributed by atoms with van der Waals surface area (Å²) in [5.41, 5.74) is 4.06. The number of fused-ring (bicyclic) bond motifs is 2. The van der Waals surface area contributed by atoms with E-state index in [4.69, 9.17) is 4.74 Å². The molecule has 0 amide bonds. The van der Waals surface area contributed by atoms with E-state index in [1.807, 2.05) is 0 Å². The molecule has 0 spiro atoms. The van der Waals surface area contributed by atoms with Gasteiger partial charge in [-0.3, -0.25) is 0 Å². The minimum atomic E-state index is 0.837. The molecule has 0 atom stereocenters. The van der Waals surface area contributed by atoms with E-state index in [0.717, 1.165) is 38.4 Å². The highest BCUT2D eigenvalue weighted by Crippen LogP contribution is 2.34. The quantitative estimate of drug-likeness (QED) is 0.693. The monoisotopic (exact) mass is 204 g/mol. The molecule has 2 aliphatic rings. The van der Waals surface area contributed by atoms with Crippen molar-refractivity contribution in [3.05, 3.63) is 23.3 Å². The van der Waals surface area contributed by atoms with Crippen molar-refractivity contribution >= 4 is 5.69 Å². The molecule has 0 radical (unpaired) electrons. The summed E-state index contributed by atoms with van der Waals surface area (Å²) in [5, 5.41) is 3.37. The van der Waals surface area contributed by atoms with Crippen molar-refractivity contribution in [3.63, 3.8) is 0 Å².